The van der Waals surface area contributed by atoms with E-state index in [4.69, 9.17) is 0 Å². The third-order valence-corrected chi connectivity index (χ3v) is 4.73. The SMILES string of the molecule is CCCc1cc(=O)[nH]c2nnc(SCC(=O)Nc3cc(C)cc(C)c3)n12. The minimum Gasteiger partial charge on any atom is -0.325 e. The predicted molar refractivity (Wildman–Crippen MR) is 103 cm³/mol. The maximum absolute atomic E-state index is 12.3. The lowest BCUT2D eigenvalue weighted by molar-refractivity contribution is -0.113. The first-order chi connectivity index (χ1) is 12.5. The Balaban J connectivity index is 1.75. The molecular formula is C18H21N5O2S. The van der Waals surface area contributed by atoms with Gasteiger partial charge in [0.25, 0.3) is 5.56 Å². The Bertz CT molecular complexity index is 988. The maximum atomic E-state index is 12.3. The molecule has 8 heteroatoms. The lowest BCUT2D eigenvalue weighted by atomic mass is 10.1. The quantitative estimate of drug-likeness (QED) is 0.650. The van der Waals surface area contributed by atoms with Gasteiger partial charge in [-0.25, -0.2) is 0 Å². The molecule has 0 fully saturated rings. The number of rotatable bonds is 6. The molecule has 0 unspecified atom stereocenters. The molecule has 2 heterocycles. The smallest absolute Gasteiger partial charge is 0.252 e. The molecule has 3 rings (SSSR count). The maximum Gasteiger partial charge on any atom is 0.252 e. The Morgan fingerprint density at radius 1 is 1.19 bits per heavy atom. The summed E-state index contributed by atoms with van der Waals surface area (Å²) in [5.41, 5.74) is 3.63. The van der Waals surface area contributed by atoms with Crippen LogP contribution in [0, 0.1) is 13.8 Å². The number of fused-ring (bicyclic) bond motifs is 1. The van der Waals surface area contributed by atoms with Crippen LogP contribution in [0.3, 0.4) is 0 Å². The van der Waals surface area contributed by atoms with Gasteiger partial charge >= 0.3 is 0 Å². The van der Waals surface area contributed by atoms with Crippen molar-refractivity contribution in [2.45, 2.75) is 38.8 Å². The number of benzene rings is 1. The summed E-state index contributed by atoms with van der Waals surface area (Å²) < 4.78 is 1.81. The number of nitrogens with zero attached hydrogens (tertiary/aromatic N) is 3. The number of carbonyl (C=O) groups excluding carboxylic acids is 1. The number of thioether (sulfide) groups is 1. The van der Waals surface area contributed by atoms with Crippen molar-refractivity contribution in [2.75, 3.05) is 11.1 Å². The first-order valence-corrected chi connectivity index (χ1v) is 9.43. The average Bonchev–Trinajstić information content (AvgIpc) is 2.95. The first-order valence-electron chi connectivity index (χ1n) is 8.44. The van der Waals surface area contributed by atoms with Gasteiger partial charge in [-0.15, -0.1) is 10.2 Å². The first kappa shape index (κ1) is 18.2. The van der Waals surface area contributed by atoms with Gasteiger partial charge in [0.2, 0.25) is 11.7 Å². The summed E-state index contributed by atoms with van der Waals surface area (Å²) in [7, 11) is 0. The summed E-state index contributed by atoms with van der Waals surface area (Å²) in [6, 6.07) is 7.49. The lowest BCUT2D eigenvalue weighted by Crippen LogP contribution is -2.15. The van der Waals surface area contributed by atoms with Gasteiger partial charge in [-0.1, -0.05) is 31.2 Å². The van der Waals surface area contributed by atoms with Crippen molar-refractivity contribution in [1.82, 2.24) is 19.6 Å². The number of aromatic nitrogens is 4. The summed E-state index contributed by atoms with van der Waals surface area (Å²) in [6.45, 7) is 6.03. The van der Waals surface area contributed by atoms with Crippen LogP contribution < -0.4 is 10.9 Å². The third-order valence-electron chi connectivity index (χ3n) is 3.80. The molecule has 26 heavy (non-hydrogen) atoms. The summed E-state index contributed by atoms with van der Waals surface area (Å²) in [5.74, 6) is 0.495. The van der Waals surface area contributed by atoms with Gasteiger partial charge < -0.3 is 5.32 Å². The highest BCUT2D eigenvalue weighted by Crippen LogP contribution is 2.19. The minimum absolute atomic E-state index is 0.113. The van der Waals surface area contributed by atoms with E-state index >= 15 is 0 Å². The van der Waals surface area contributed by atoms with E-state index in [-0.39, 0.29) is 17.2 Å². The molecule has 0 saturated heterocycles. The van der Waals surface area contributed by atoms with Gasteiger partial charge in [-0.2, -0.15) is 0 Å². The number of amides is 1. The molecule has 0 aliphatic carbocycles. The van der Waals surface area contributed by atoms with E-state index in [2.05, 4.69) is 26.6 Å². The number of carbonyl (C=O) groups is 1. The fraction of sp³-hybridized carbons (Fsp3) is 0.333. The summed E-state index contributed by atoms with van der Waals surface area (Å²) in [5, 5.41) is 11.6. The number of aryl methyl sites for hydroxylation is 3. The molecule has 0 radical (unpaired) electrons. The molecule has 1 amide bonds. The zero-order valence-corrected chi connectivity index (χ0v) is 15.8. The standard InChI is InChI=1S/C18H21N5O2S/c1-4-5-14-9-15(24)20-17-21-22-18(23(14)17)26-10-16(25)19-13-7-11(2)6-12(3)8-13/h6-9H,4-5,10H2,1-3H3,(H,19,25)(H,20,21,24). The van der Waals surface area contributed by atoms with Crippen LogP contribution in [0.25, 0.3) is 5.78 Å². The third kappa shape index (κ3) is 4.13. The predicted octanol–water partition coefficient (Wildman–Crippen LogP) is 2.72. The fourth-order valence-corrected chi connectivity index (χ4v) is 3.64. The van der Waals surface area contributed by atoms with Crippen molar-refractivity contribution < 1.29 is 4.79 Å². The molecule has 0 atom stereocenters. The van der Waals surface area contributed by atoms with Crippen molar-refractivity contribution in [1.29, 1.82) is 0 Å². The summed E-state index contributed by atoms with van der Waals surface area (Å²) >= 11 is 1.29. The van der Waals surface area contributed by atoms with Crippen molar-refractivity contribution >= 4 is 29.1 Å². The fourth-order valence-electron chi connectivity index (χ4n) is 2.88. The van der Waals surface area contributed by atoms with Crippen LogP contribution >= 0.6 is 11.8 Å². The Labute approximate surface area is 155 Å². The number of aromatic amines is 1. The monoisotopic (exact) mass is 371 g/mol. The zero-order valence-electron chi connectivity index (χ0n) is 15.0. The molecule has 2 N–H and O–H groups in total. The second kappa shape index (κ2) is 7.74. The molecular weight excluding hydrogens is 350 g/mol. The highest BCUT2D eigenvalue weighted by Gasteiger charge is 2.13. The minimum atomic E-state index is -0.197. The number of hydrogen-bond acceptors (Lipinski definition) is 5. The molecule has 2 aromatic heterocycles. The van der Waals surface area contributed by atoms with E-state index in [0.717, 1.165) is 35.3 Å². The Morgan fingerprint density at radius 2 is 1.92 bits per heavy atom. The van der Waals surface area contributed by atoms with Crippen LogP contribution in [-0.2, 0) is 11.2 Å². The van der Waals surface area contributed by atoms with Gasteiger partial charge in [0.05, 0.1) is 5.75 Å². The molecule has 3 aromatic rings. The van der Waals surface area contributed by atoms with Crippen LogP contribution in [-0.4, -0.2) is 31.2 Å². The molecule has 0 bridgehead atoms. The average molecular weight is 371 g/mol. The molecule has 1 aromatic carbocycles. The van der Waals surface area contributed by atoms with Crippen LogP contribution in [0.1, 0.15) is 30.2 Å². The van der Waals surface area contributed by atoms with E-state index in [0.29, 0.717) is 10.9 Å². The van der Waals surface area contributed by atoms with Crippen LogP contribution in [0.5, 0.6) is 0 Å². The summed E-state index contributed by atoms with van der Waals surface area (Å²) in [4.78, 5) is 26.7. The van der Waals surface area contributed by atoms with E-state index in [9.17, 15) is 9.59 Å². The normalized spacial score (nSPS) is 11.0. The van der Waals surface area contributed by atoms with Gasteiger partial charge in [0.15, 0.2) is 5.16 Å². The zero-order chi connectivity index (χ0) is 18.7. The summed E-state index contributed by atoms with van der Waals surface area (Å²) in [6.07, 6.45) is 1.63. The van der Waals surface area contributed by atoms with Crippen molar-refractivity contribution in [3.05, 3.63) is 51.4 Å². The number of hydrogen-bond donors (Lipinski definition) is 2. The van der Waals surface area contributed by atoms with Crippen molar-refractivity contribution in [3.8, 4) is 0 Å². The number of nitrogens with one attached hydrogen (secondary N) is 2. The molecule has 0 spiro atoms. The molecule has 0 aliphatic rings. The van der Waals surface area contributed by atoms with Crippen molar-refractivity contribution in [3.63, 3.8) is 0 Å². The van der Waals surface area contributed by atoms with Crippen LogP contribution in [0.4, 0.5) is 5.69 Å². The molecule has 0 saturated carbocycles. The Morgan fingerprint density at radius 3 is 2.62 bits per heavy atom. The van der Waals surface area contributed by atoms with E-state index in [1.165, 1.54) is 11.8 Å². The van der Waals surface area contributed by atoms with Gasteiger partial charge in [-0.05, 0) is 43.5 Å². The molecule has 136 valence electrons. The molecule has 0 aliphatic heterocycles. The van der Waals surface area contributed by atoms with E-state index in [1.807, 2.05) is 32.9 Å². The van der Waals surface area contributed by atoms with E-state index < -0.39 is 0 Å². The van der Waals surface area contributed by atoms with Gasteiger partial charge in [-0.3, -0.25) is 19.0 Å². The highest BCUT2D eigenvalue weighted by atomic mass is 32.2. The van der Waals surface area contributed by atoms with Gasteiger partial charge in [0.1, 0.15) is 0 Å². The molecule has 7 nitrogen and oxygen atoms in total. The lowest BCUT2D eigenvalue weighted by Gasteiger charge is -2.08. The second-order valence-corrected chi connectivity index (χ2v) is 7.17. The highest BCUT2D eigenvalue weighted by molar-refractivity contribution is 7.99. The number of anilines is 1. The van der Waals surface area contributed by atoms with Gasteiger partial charge in [0, 0.05) is 17.4 Å². The van der Waals surface area contributed by atoms with E-state index in [1.54, 1.807) is 10.5 Å². The second-order valence-electron chi connectivity index (χ2n) is 6.23. The van der Waals surface area contributed by atoms with Crippen LogP contribution in [0.15, 0.2) is 34.2 Å². The Kier molecular flexibility index (Phi) is 5.41. The topological polar surface area (TPSA) is 92.2 Å². The van der Waals surface area contributed by atoms with Crippen molar-refractivity contribution in [2.24, 2.45) is 0 Å². The Hall–Kier alpha value is -2.61. The largest absolute Gasteiger partial charge is 0.325 e. The van der Waals surface area contributed by atoms with Crippen LogP contribution in [0.2, 0.25) is 0 Å². The number of H-pyrrole nitrogens is 1.